The number of ether oxygens (including phenoxy) is 2. The molecule has 3 nitrogen and oxygen atoms in total. The van der Waals surface area contributed by atoms with Crippen LogP contribution in [-0.2, 0) is 14.3 Å². The van der Waals surface area contributed by atoms with E-state index < -0.39 is 0 Å². The summed E-state index contributed by atoms with van der Waals surface area (Å²) in [4.78, 5) is 10.3. The van der Waals surface area contributed by atoms with Crippen LogP contribution in [0, 0.1) is 0 Å². The molecule has 1 heterocycles. The lowest BCUT2D eigenvalue weighted by Gasteiger charge is -1.98. The molecule has 0 amide bonds. The van der Waals surface area contributed by atoms with Crippen LogP contribution in [0.5, 0.6) is 0 Å². The van der Waals surface area contributed by atoms with Crippen LogP contribution in [0.15, 0.2) is 0 Å². The topological polar surface area (TPSA) is 38.8 Å². The third-order valence-electron chi connectivity index (χ3n) is 1.77. The second-order valence-corrected chi connectivity index (χ2v) is 2.86. The number of esters is 1. The molecule has 3 heteroatoms. The Labute approximate surface area is 66.7 Å². The van der Waals surface area contributed by atoms with Gasteiger partial charge in [-0.1, -0.05) is 0 Å². The van der Waals surface area contributed by atoms with Crippen molar-refractivity contribution < 1.29 is 14.3 Å². The first-order chi connectivity index (χ1) is 5.20. The van der Waals surface area contributed by atoms with Crippen LogP contribution < -0.4 is 0 Å². The summed E-state index contributed by atoms with van der Waals surface area (Å²) in [5, 5.41) is 0. The van der Waals surface area contributed by atoms with E-state index in [9.17, 15) is 4.79 Å². The zero-order chi connectivity index (χ0) is 8.27. The summed E-state index contributed by atoms with van der Waals surface area (Å²) in [5.41, 5.74) is 0. The van der Waals surface area contributed by atoms with Crippen molar-refractivity contribution in [3.8, 4) is 0 Å². The molecule has 0 N–H and O–H groups in total. The quantitative estimate of drug-likeness (QED) is 0.349. The SMILES string of the molecule is CC(=O)OCCC[C@@H]1O[C@@H]1C. The number of epoxide rings is 1. The van der Waals surface area contributed by atoms with Crippen LogP contribution in [0.2, 0.25) is 0 Å². The molecule has 0 aromatic heterocycles. The van der Waals surface area contributed by atoms with Crippen LogP contribution in [0.25, 0.3) is 0 Å². The average molecular weight is 158 g/mol. The Morgan fingerprint density at radius 2 is 2.27 bits per heavy atom. The van der Waals surface area contributed by atoms with E-state index in [1.165, 1.54) is 6.92 Å². The second-order valence-electron chi connectivity index (χ2n) is 2.86. The normalized spacial score (nSPS) is 28.2. The van der Waals surface area contributed by atoms with Crippen LogP contribution >= 0.6 is 0 Å². The molecule has 0 unspecified atom stereocenters. The lowest BCUT2D eigenvalue weighted by molar-refractivity contribution is -0.141. The van der Waals surface area contributed by atoms with Gasteiger partial charge in [0.05, 0.1) is 18.8 Å². The van der Waals surface area contributed by atoms with Gasteiger partial charge >= 0.3 is 5.97 Å². The highest BCUT2D eigenvalue weighted by Gasteiger charge is 2.32. The summed E-state index contributed by atoms with van der Waals surface area (Å²) in [6, 6.07) is 0. The van der Waals surface area contributed by atoms with Crippen molar-refractivity contribution in [1.82, 2.24) is 0 Å². The highest BCUT2D eigenvalue weighted by molar-refractivity contribution is 5.65. The molecule has 0 aliphatic carbocycles. The summed E-state index contributed by atoms with van der Waals surface area (Å²) < 4.78 is 9.94. The number of hydrogen-bond donors (Lipinski definition) is 0. The first-order valence-corrected chi connectivity index (χ1v) is 3.99. The lowest BCUT2D eigenvalue weighted by atomic mass is 10.2. The molecule has 11 heavy (non-hydrogen) atoms. The largest absolute Gasteiger partial charge is 0.466 e. The summed E-state index contributed by atoms with van der Waals surface area (Å²) in [7, 11) is 0. The minimum absolute atomic E-state index is 0.199. The maximum absolute atomic E-state index is 10.3. The summed E-state index contributed by atoms with van der Waals surface area (Å²) in [6.07, 6.45) is 2.76. The van der Waals surface area contributed by atoms with Crippen molar-refractivity contribution in [2.75, 3.05) is 6.61 Å². The third kappa shape index (κ3) is 3.37. The van der Waals surface area contributed by atoms with Gasteiger partial charge in [0, 0.05) is 6.92 Å². The van der Waals surface area contributed by atoms with Gasteiger partial charge in [-0.2, -0.15) is 0 Å². The zero-order valence-electron chi connectivity index (χ0n) is 7.00. The minimum Gasteiger partial charge on any atom is -0.466 e. The van der Waals surface area contributed by atoms with E-state index in [-0.39, 0.29) is 5.97 Å². The Morgan fingerprint density at radius 1 is 1.64 bits per heavy atom. The second kappa shape index (κ2) is 3.72. The van der Waals surface area contributed by atoms with E-state index in [2.05, 4.69) is 6.92 Å². The lowest BCUT2D eigenvalue weighted by Crippen LogP contribution is -2.02. The molecular formula is C8H14O3. The fourth-order valence-corrected chi connectivity index (χ4v) is 1.03. The van der Waals surface area contributed by atoms with Crippen molar-refractivity contribution >= 4 is 5.97 Å². The molecule has 0 radical (unpaired) electrons. The Morgan fingerprint density at radius 3 is 2.73 bits per heavy atom. The number of carbonyl (C=O) groups excluding carboxylic acids is 1. The van der Waals surface area contributed by atoms with Gasteiger partial charge in [-0.25, -0.2) is 0 Å². The van der Waals surface area contributed by atoms with Gasteiger partial charge in [0.15, 0.2) is 0 Å². The van der Waals surface area contributed by atoms with Crippen LogP contribution in [0.4, 0.5) is 0 Å². The fraction of sp³-hybridized carbons (Fsp3) is 0.875. The Hall–Kier alpha value is -0.570. The van der Waals surface area contributed by atoms with E-state index in [0.29, 0.717) is 18.8 Å². The van der Waals surface area contributed by atoms with Gasteiger partial charge in [-0.3, -0.25) is 4.79 Å². The molecule has 0 spiro atoms. The minimum atomic E-state index is -0.199. The van der Waals surface area contributed by atoms with Gasteiger partial charge in [-0.05, 0) is 19.8 Å². The van der Waals surface area contributed by atoms with Crippen molar-refractivity contribution in [1.29, 1.82) is 0 Å². The standard InChI is InChI=1S/C8H14O3/c1-6-8(11-6)4-3-5-10-7(2)9/h6,8H,3-5H2,1-2H3/t6-,8+/m1/s1. The molecule has 2 atom stereocenters. The van der Waals surface area contributed by atoms with Gasteiger partial charge < -0.3 is 9.47 Å². The average Bonchev–Trinajstić information content (AvgIpc) is 2.59. The van der Waals surface area contributed by atoms with E-state index in [0.717, 1.165) is 12.8 Å². The van der Waals surface area contributed by atoms with Crippen molar-refractivity contribution in [3.63, 3.8) is 0 Å². The maximum Gasteiger partial charge on any atom is 0.302 e. The molecule has 1 rings (SSSR count). The van der Waals surface area contributed by atoms with Crippen molar-refractivity contribution in [3.05, 3.63) is 0 Å². The molecule has 0 aromatic carbocycles. The number of rotatable bonds is 4. The van der Waals surface area contributed by atoms with Gasteiger partial charge in [0.2, 0.25) is 0 Å². The number of hydrogen-bond acceptors (Lipinski definition) is 3. The molecule has 1 saturated heterocycles. The van der Waals surface area contributed by atoms with E-state index >= 15 is 0 Å². The third-order valence-corrected chi connectivity index (χ3v) is 1.77. The molecule has 1 aliphatic heterocycles. The van der Waals surface area contributed by atoms with E-state index in [1.807, 2.05) is 0 Å². The van der Waals surface area contributed by atoms with Crippen molar-refractivity contribution in [2.24, 2.45) is 0 Å². The van der Waals surface area contributed by atoms with Crippen LogP contribution in [0.1, 0.15) is 26.7 Å². The highest BCUT2D eigenvalue weighted by atomic mass is 16.6. The molecular weight excluding hydrogens is 144 g/mol. The van der Waals surface area contributed by atoms with Gasteiger partial charge in [-0.15, -0.1) is 0 Å². The highest BCUT2D eigenvalue weighted by Crippen LogP contribution is 2.25. The predicted octanol–water partition coefficient (Wildman–Crippen LogP) is 1.12. The Bertz CT molecular complexity index is 144. The summed E-state index contributed by atoms with van der Waals surface area (Å²) in [6.45, 7) is 4.01. The summed E-state index contributed by atoms with van der Waals surface area (Å²) >= 11 is 0. The molecule has 64 valence electrons. The van der Waals surface area contributed by atoms with Crippen LogP contribution in [-0.4, -0.2) is 24.8 Å². The zero-order valence-corrected chi connectivity index (χ0v) is 7.00. The van der Waals surface area contributed by atoms with E-state index in [4.69, 9.17) is 9.47 Å². The van der Waals surface area contributed by atoms with Crippen molar-refractivity contribution in [2.45, 2.75) is 38.9 Å². The molecule has 0 aromatic rings. The monoisotopic (exact) mass is 158 g/mol. The molecule has 0 bridgehead atoms. The molecule has 1 fully saturated rings. The predicted molar refractivity (Wildman–Crippen MR) is 40.2 cm³/mol. The maximum atomic E-state index is 10.3. The van der Waals surface area contributed by atoms with Gasteiger partial charge in [0.25, 0.3) is 0 Å². The molecule has 1 aliphatic rings. The first kappa shape index (κ1) is 8.53. The summed E-state index contributed by atoms with van der Waals surface area (Å²) in [5.74, 6) is -0.199. The van der Waals surface area contributed by atoms with E-state index in [1.54, 1.807) is 0 Å². The Kier molecular flexibility index (Phi) is 2.88. The Balaban J connectivity index is 1.85. The fourth-order valence-electron chi connectivity index (χ4n) is 1.03. The van der Waals surface area contributed by atoms with Crippen LogP contribution in [0.3, 0.4) is 0 Å². The van der Waals surface area contributed by atoms with Gasteiger partial charge in [0.1, 0.15) is 0 Å². The first-order valence-electron chi connectivity index (χ1n) is 3.99. The number of carbonyl (C=O) groups is 1. The molecule has 0 saturated carbocycles. The smallest absolute Gasteiger partial charge is 0.302 e.